The predicted molar refractivity (Wildman–Crippen MR) is 69.0 cm³/mol. The molecule has 1 aromatic heterocycles. The van der Waals surface area contributed by atoms with Gasteiger partial charge in [0.15, 0.2) is 5.82 Å². The van der Waals surface area contributed by atoms with Crippen molar-refractivity contribution in [2.75, 3.05) is 0 Å². The SMILES string of the molecule is Oc1ccc(-c2ncc(CNC3CC3)cn2)cc1. The summed E-state index contributed by atoms with van der Waals surface area (Å²) >= 11 is 0. The highest BCUT2D eigenvalue weighted by atomic mass is 16.3. The number of nitrogens with zero attached hydrogens (tertiary/aromatic N) is 2. The molecular formula is C14H15N3O. The van der Waals surface area contributed by atoms with E-state index in [9.17, 15) is 5.11 Å². The van der Waals surface area contributed by atoms with Gasteiger partial charge >= 0.3 is 0 Å². The van der Waals surface area contributed by atoms with Gasteiger partial charge in [-0.25, -0.2) is 9.97 Å². The first-order chi connectivity index (χ1) is 8.81. The van der Waals surface area contributed by atoms with E-state index in [1.165, 1.54) is 12.8 Å². The van der Waals surface area contributed by atoms with Gasteiger partial charge in [0.2, 0.25) is 0 Å². The lowest BCUT2D eigenvalue weighted by molar-refractivity contribution is 0.475. The van der Waals surface area contributed by atoms with Gasteiger partial charge in [0.05, 0.1) is 0 Å². The molecule has 2 aromatic rings. The Labute approximate surface area is 106 Å². The van der Waals surface area contributed by atoms with E-state index in [1.54, 1.807) is 12.1 Å². The van der Waals surface area contributed by atoms with Gasteiger partial charge in [0, 0.05) is 36.1 Å². The molecule has 1 aromatic carbocycles. The van der Waals surface area contributed by atoms with Gasteiger partial charge in [0.25, 0.3) is 0 Å². The quantitative estimate of drug-likeness (QED) is 0.860. The third kappa shape index (κ3) is 2.65. The highest BCUT2D eigenvalue weighted by Crippen LogP contribution is 2.20. The molecule has 0 saturated heterocycles. The van der Waals surface area contributed by atoms with Gasteiger partial charge < -0.3 is 10.4 Å². The van der Waals surface area contributed by atoms with Crippen LogP contribution in [0.1, 0.15) is 18.4 Å². The molecule has 92 valence electrons. The van der Waals surface area contributed by atoms with Gasteiger partial charge in [0.1, 0.15) is 5.75 Å². The molecule has 18 heavy (non-hydrogen) atoms. The molecule has 0 bridgehead atoms. The Hall–Kier alpha value is -1.94. The van der Waals surface area contributed by atoms with Gasteiger partial charge in [-0.2, -0.15) is 0 Å². The first-order valence-corrected chi connectivity index (χ1v) is 6.15. The minimum atomic E-state index is 0.254. The summed E-state index contributed by atoms with van der Waals surface area (Å²) in [6.45, 7) is 0.834. The molecule has 1 saturated carbocycles. The highest BCUT2D eigenvalue weighted by Gasteiger charge is 2.19. The number of benzene rings is 1. The van der Waals surface area contributed by atoms with E-state index in [1.807, 2.05) is 24.5 Å². The molecule has 4 heteroatoms. The average Bonchev–Trinajstić information content (AvgIpc) is 3.22. The Balaban J connectivity index is 1.71. The zero-order valence-electron chi connectivity index (χ0n) is 10.0. The van der Waals surface area contributed by atoms with E-state index in [0.717, 1.165) is 17.7 Å². The molecule has 3 rings (SSSR count). The number of rotatable bonds is 4. The van der Waals surface area contributed by atoms with Crippen molar-refractivity contribution >= 4 is 0 Å². The third-order valence-corrected chi connectivity index (χ3v) is 3.00. The second-order valence-corrected chi connectivity index (χ2v) is 4.62. The molecule has 1 aliphatic carbocycles. The van der Waals surface area contributed by atoms with Crippen LogP contribution in [0.25, 0.3) is 11.4 Å². The molecule has 0 atom stereocenters. The van der Waals surface area contributed by atoms with Crippen LogP contribution in [-0.2, 0) is 6.54 Å². The van der Waals surface area contributed by atoms with E-state index in [0.29, 0.717) is 11.9 Å². The first kappa shape index (κ1) is 11.2. The molecule has 1 fully saturated rings. The van der Waals surface area contributed by atoms with Crippen LogP contribution >= 0.6 is 0 Å². The minimum Gasteiger partial charge on any atom is -0.508 e. The molecule has 1 heterocycles. The normalized spacial score (nSPS) is 14.7. The predicted octanol–water partition coefficient (Wildman–Crippen LogP) is 2.10. The summed E-state index contributed by atoms with van der Waals surface area (Å²) in [5, 5.41) is 12.7. The zero-order valence-corrected chi connectivity index (χ0v) is 10.0. The van der Waals surface area contributed by atoms with Crippen molar-refractivity contribution in [3.63, 3.8) is 0 Å². The number of phenolic OH excluding ortho intramolecular Hbond substituents is 1. The second kappa shape index (κ2) is 4.74. The van der Waals surface area contributed by atoms with Crippen molar-refractivity contribution in [3.8, 4) is 17.1 Å². The molecule has 0 unspecified atom stereocenters. The number of aromatic nitrogens is 2. The Morgan fingerprint density at radius 1 is 1.11 bits per heavy atom. The lowest BCUT2D eigenvalue weighted by atomic mass is 10.2. The lowest BCUT2D eigenvalue weighted by Crippen LogP contribution is -2.15. The number of hydrogen-bond acceptors (Lipinski definition) is 4. The summed E-state index contributed by atoms with van der Waals surface area (Å²) in [5.74, 6) is 0.939. The summed E-state index contributed by atoms with van der Waals surface area (Å²) in [6, 6.07) is 7.60. The highest BCUT2D eigenvalue weighted by molar-refractivity contribution is 5.55. The third-order valence-electron chi connectivity index (χ3n) is 3.00. The van der Waals surface area contributed by atoms with Crippen LogP contribution in [0.4, 0.5) is 0 Å². The monoisotopic (exact) mass is 241 g/mol. The van der Waals surface area contributed by atoms with E-state index in [4.69, 9.17) is 0 Å². The molecule has 0 aliphatic heterocycles. The zero-order chi connectivity index (χ0) is 12.4. The Bertz CT molecular complexity index is 518. The first-order valence-electron chi connectivity index (χ1n) is 6.15. The van der Waals surface area contributed by atoms with E-state index < -0.39 is 0 Å². The van der Waals surface area contributed by atoms with Crippen LogP contribution in [0.2, 0.25) is 0 Å². The number of phenols is 1. The second-order valence-electron chi connectivity index (χ2n) is 4.62. The largest absolute Gasteiger partial charge is 0.508 e. The molecule has 0 radical (unpaired) electrons. The maximum atomic E-state index is 9.23. The maximum Gasteiger partial charge on any atom is 0.159 e. The smallest absolute Gasteiger partial charge is 0.159 e. The number of nitrogens with one attached hydrogen (secondary N) is 1. The molecule has 2 N–H and O–H groups in total. The Morgan fingerprint density at radius 3 is 2.39 bits per heavy atom. The van der Waals surface area contributed by atoms with Crippen molar-refractivity contribution in [2.24, 2.45) is 0 Å². The molecule has 1 aliphatic rings. The lowest BCUT2D eigenvalue weighted by Gasteiger charge is -2.04. The fourth-order valence-electron chi connectivity index (χ4n) is 1.76. The van der Waals surface area contributed by atoms with Gasteiger partial charge in [-0.05, 0) is 37.1 Å². The number of aromatic hydroxyl groups is 1. The van der Waals surface area contributed by atoms with Gasteiger partial charge in [-0.1, -0.05) is 0 Å². The van der Waals surface area contributed by atoms with Crippen LogP contribution in [0, 0.1) is 0 Å². The van der Waals surface area contributed by atoms with Gasteiger partial charge in [-0.15, -0.1) is 0 Å². The standard InChI is InChI=1S/C14H15N3O/c18-13-5-1-11(2-6-13)14-16-8-10(9-17-14)7-15-12-3-4-12/h1-2,5-6,8-9,12,15,18H,3-4,7H2. The van der Waals surface area contributed by atoms with E-state index >= 15 is 0 Å². The fourth-order valence-corrected chi connectivity index (χ4v) is 1.76. The Morgan fingerprint density at radius 2 is 1.78 bits per heavy atom. The van der Waals surface area contributed by atoms with Crippen molar-refractivity contribution in [2.45, 2.75) is 25.4 Å². The number of hydrogen-bond donors (Lipinski definition) is 2. The van der Waals surface area contributed by atoms with Crippen LogP contribution in [-0.4, -0.2) is 21.1 Å². The summed E-state index contributed by atoms with van der Waals surface area (Å²) in [4.78, 5) is 8.69. The van der Waals surface area contributed by atoms with E-state index in [2.05, 4.69) is 15.3 Å². The summed E-state index contributed by atoms with van der Waals surface area (Å²) in [5.41, 5.74) is 2.01. The molecule has 4 nitrogen and oxygen atoms in total. The fraction of sp³-hybridized carbons (Fsp3) is 0.286. The topological polar surface area (TPSA) is 58.0 Å². The van der Waals surface area contributed by atoms with Crippen LogP contribution < -0.4 is 5.32 Å². The molecule has 0 spiro atoms. The van der Waals surface area contributed by atoms with Crippen molar-refractivity contribution in [1.29, 1.82) is 0 Å². The van der Waals surface area contributed by atoms with Crippen molar-refractivity contribution in [3.05, 3.63) is 42.2 Å². The van der Waals surface area contributed by atoms with Crippen molar-refractivity contribution in [1.82, 2.24) is 15.3 Å². The van der Waals surface area contributed by atoms with Crippen LogP contribution in [0.15, 0.2) is 36.7 Å². The summed E-state index contributed by atoms with van der Waals surface area (Å²) in [6.07, 6.45) is 6.27. The van der Waals surface area contributed by atoms with E-state index in [-0.39, 0.29) is 5.75 Å². The Kier molecular flexibility index (Phi) is 2.94. The van der Waals surface area contributed by atoms with Gasteiger partial charge in [-0.3, -0.25) is 0 Å². The van der Waals surface area contributed by atoms with Crippen LogP contribution in [0.5, 0.6) is 5.75 Å². The van der Waals surface area contributed by atoms with Crippen molar-refractivity contribution < 1.29 is 5.11 Å². The maximum absolute atomic E-state index is 9.23. The minimum absolute atomic E-state index is 0.254. The molecular weight excluding hydrogens is 226 g/mol. The van der Waals surface area contributed by atoms with Crippen LogP contribution in [0.3, 0.4) is 0 Å². The summed E-state index contributed by atoms with van der Waals surface area (Å²) < 4.78 is 0. The average molecular weight is 241 g/mol. The summed E-state index contributed by atoms with van der Waals surface area (Å²) in [7, 11) is 0. The molecule has 0 amide bonds.